The first-order valence-electron chi connectivity index (χ1n) is 5.81. The Bertz CT molecular complexity index is 555. The van der Waals surface area contributed by atoms with Crippen LogP contribution < -0.4 is 15.2 Å². The van der Waals surface area contributed by atoms with E-state index in [1.54, 1.807) is 26.1 Å². The molecule has 0 spiro atoms. The molecule has 1 amide bonds. The van der Waals surface area contributed by atoms with Gasteiger partial charge in [-0.05, 0) is 31.0 Å². The zero-order chi connectivity index (χ0) is 14.5. The van der Waals surface area contributed by atoms with Gasteiger partial charge in [-0.15, -0.1) is 0 Å². The highest BCUT2D eigenvalue weighted by Gasteiger charge is 2.15. The van der Waals surface area contributed by atoms with Crippen LogP contribution in [0.5, 0.6) is 5.75 Å². The van der Waals surface area contributed by atoms with Crippen LogP contribution in [0, 0.1) is 6.92 Å². The second kappa shape index (κ2) is 6.53. The van der Waals surface area contributed by atoms with Crippen LogP contribution in [0.2, 0.25) is 0 Å². The third-order valence-corrected chi connectivity index (χ3v) is 3.42. The molecule has 19 heavy (non-hydrogen) atoms. The summed E-state index contributed by atoms with van der Waals surface area (Å²) in [6.45, 7) is 2.02. The van der Waals surface area contributed by atoms with E-state index in [1.165, 1.54) is 6.07 Å². The van der Waals surface area contributed by atoms with E-state index in [-0.39, 0.29) is 23.2 Å². The molecule has 106 valence electrons. The van der Waals surface area contributed by atoms with Crippen molar-refractivity contribution in [1.29, 1.82) is 0 Å². The number of carbonyl (C=O) groups excluding carboxylic acids is 1. The summed E-state index contributed by atoms with van der Waals surface area (Å²) in [6.07, 6.45) is 0.824. The van der Waals surface area contributed by atoms with Crippen LogP contribution in [0.1, 0.15) is 18.4 Å². The number of amides is 1. The number of sulfonamides is 1. The Morgan fingerprint density at radius 3 is 2.68 bits per heavy atom. The Kier molecular flexibility index (Phi) is 5.31. The van der Waals surface area contributed by atoms with E-state index < -0.39 is 10.0 Å². The van der Waals surface area contributed by atoms with Crippen molar-refractivity contribution in [2.24, 2.45) is 5.14 Å². The van der Waals surface area contributed by atoms with Crippen molar-refractivity contribution < 1.29 is 17.9 Å². The smallest absolute Gasteiger partial charge is 0.241 e. The molecule has 0 saturated heterocycles. The number of primary sulfonamides is 1. The Balaban J connectivity index is 2.71. The average Bonchev–Trinajstić information content (AvgIpc) is 2.34. The Hall–Kier alpha value is -1.60. The van der Waals surface area contributed by atoms with Gasteiger partial charge in [0.1, 0.15) is 10.6 Å². The minimum Gasteiger partial charge on any atom is -0.492 e. The predicted octanol–water partition coefficient (Wildman–Crippen LogP) is 0.547. The maximum absolute atomic E-state index is 11.4. The molecule has 7 heteroatoms. The molecule has 0 atom stereocenters. The number of hydrogen-bond donors (Lipinski definition) is 2. The summed E-state index contributed by atoms with van der Waals surface area (Å²) in [5.74, 6) is 0.129. The minimum atomic E-state index is -3.82. The monoisotopic (exact) mass is 286 g/mol. The number of ether oxygens (including phenoxy) is 1. The zero-order valence-electron chi connectivity index (χ0n) is 11.0. The molecular formula is C12H18N2O4S. The zero-order valence-corrected chi connectivity index (χ0v) is 11.8. The number of hydrogen-bond acceptors (Lipinski definition) is 4. The lowest BCUT2D eigenvalue weighted by molar-refractivity contribution is -0.120. The molecule has 6 nitrogen and oxygen atoms in total. The number of nitrogens with one attached hydrogen (secondary N) is 1. The lowest BCUT2D eigenvalue weighted by Gasteiger charge is -2.10. The highest BCUT2D eigenvalue weighted by atomic mass is 32.2. The van der Waals surface area contributed by atoms with Crippen molar-refractivity contribution in [1.82, 2.24) is 5.32 Å². The van der Waals surface area contributed by atoms with Gasteiger partial charge in [-0.3, -0.25) is 4.79 Å². The molecule has 0 radical (unpaired) electrons. The van der Waals surface area contributed by atoms with Crippen LogP contribution in [-0.2, 0) is 14.8 Å². The van der Waals surface area contributed by atoms with Crippen molar-refractivity contribution in [3.05, 3.63) is 23.8 Å². The SMILES string of the molecule is CNC(=O)CCCOc1ccc(C)cc1S(N)(=O)=O. The molecule has 0 heterocycles. The van der Waals surface area contributed by atoms with Crippen molar-refractivity contribution in [3.8, 4) is 5.75 Å². The number of benzene rings is 1. The number of nitrogens with two attached hydrogens (primary N) is 1. The van der Waals surface area contributed by atoms with Crippen LogP contribution >= 0.6 is 0 Å². The van der Waals surface area contributed by atoms with Crippen molar-refractivity contribution in [2.45, 2.75) is 24.7 Å². The van der Waals surface area contributed by atoms with Crippen LogP contribution in [-0.4, -0.2) is 28.0 Å². The van der Waals surface area contributed by atoms with Crippen LogP contribution in [0.25, 0.3) is 0 Å². The standard InChI is InChI=1S/C12H18N2O4S/c1-9-5-6-10(11(8-9)19(13,16)17)18-7-3-4-12(15)14-2/h5-6,8H,3-4,7H2,1-2H3,(H,14,15)(H2,13,16,17). The molecule has 0 saturated carbocycles. The highest BCUT2D eigenvalue weighted by molar-refractivity contribution is 7.89. The van der Waals surface area contributed by atoms with E-state index >= 15 is 0 Å². The summed E-state index contributed by atoms with van der Waals surface area (Å²) < 4.78 is 28.2. The van der Waals surface area contributed by atoms with Crippen molar-refractivity contribution in [3.63, 3.8) is 0 Å². The van der Waals surface area contributed by atoms with E-state index in [4.69, 9.17) is 9.88 Å². The summed E-state index contributed by atoms with van der Waals surface area (Å²) in [6, 6.07) is 4.77. The van der Waals surface area contributed by atoms with Gasteiger partial charge in [0.05, 0.1) is 6.61 Å². The van der Waals surface area contributed by atoms with Gasteiger partial charge in [0, 0.05) is 13.5 Å². The fourth-order valence-electron chi connectivity index (χ4n) is 1.50. The van der Waals surface area contributed by atoms with Gasteiger partial charge in [0.25, 0.3) is 0 Å². The average molecular weight is 286 g/mol. The Labute approximate surface area is 113 Å². The molecule has 0 aromatic heterocycles. The summed E-state index contributed by atoms with van der Waals surface area (Å²) >= 11 is 0. The third-order valence-electron chi connectivity index (χ3n) is 2.49. The molecule has 0 bridgehead atoms. The molecule has 0 aliphatic rings. The normalized spacial score (nSPS) is 11.1. The fraction of sp³-hybridized carbons (Fsp3) is 0.417. The van der Waals surface area contributed by atoms with E-state index in [2.05, 4.69) is 5.32 Å². The van der Waals surface area contributed by atoms with E-state index in [0.717, 1.165) is 5.56 Å². The fourth-order valence-corrected chi connectivity index (χ4v) is 2.25. The highest BCUT2D eigenvalue weighted by Crippen LogP contribution is 2.24. The first kappa shape index (κ1) is 15.5. The first-order chi connectivity index (χ1) is 8.84. The van der Waals surface area contributed by atoms with Gasteiger partial charge in [0.2, 0.25) is 15.9 Å². The minimum absolute atomic E-state index is 0.0348. The largest absolute Gasteiger partial charge is 0.492 e. The summed E-state index contributed by atoms with van der Waals surface area (Å²) in [5, 5.41) is 7.62. The third kappa shape index (κ3) is 4.88. The predicted molar refractivity (Wildman–Crippen MR) is 71.3 cm³/mol. The topological polar surface area (TPSA) is 98.5 Å². The van der Waals surface area contributed by atoms with Gasteiger partial charge in [-0.1, -0.05) is 6.07 Å². The molecular weight excluding hydrogens is 268 g/mol. The maximum Gasteiger partial charge on any atom is 0.241 e. The van der Waals surface area contributed by atoms with Gasteiger partial charge in [0.15, 0.2) is 0 Å². The van der Waals surface area contributed by atoms with Gasteiger partial charge < -0.3 is 10.1 Å². The molecule has 0 unspecified atom stereocenters. The second-order valence-corrected chi connectivity index (χ2v) is 5.65. The van der Waals surface area contributed by atoms with E-state index in [0.29, 0.717) is 12.8 Å². The lowest BCUT2D eigenvalue weighted by atomic mass is 10.2. The molecule has 3 N–H and O–H groups in total. The molecule has 0 aliphatic heterocycles. The van der Waals surface area contributed by atoms with E-state index in [9.17, 15) is 13.2 Å². The second-order valence-electron chi connectivity index (χ2n) is 4.12. The Morgan fingerprint density at radius 2 is 2.11 bits per heavy atom. The van der Waals surface area contributed by atoms with E-state index in [1.807, 2.05) is 0 Å². The molecule has 1 aromatic rings. The van der Waals surface area contributed by atoms with Crippen LogP contribution in [0.4, 0.5) is 0 Å². The van der Waals surface area contributed by atoms with Gasteiger partial charge in [-0.25, -0.2) is 13.6 Å². The molecule has 1 aromatic carbocycles. The summed E-state index contributed by atoms with van der Waals surface area (Å²) in [4.78, 5) is 11.0. The Morgan fingerprint density at radius 1 is 1.42 bits per heavy atom. The van der Waals surface area contributed by atoms with Gasteiger partial charge in [-0.2, -0.15) is 0 Å². The quantitative estimate of drug-likeness (QED) is 0.746. The van der Waals surface area contributed by atoms with Crippen molar-refractivity contribution in [2.75, 3.05) is 13.7 Å². The number of carbonyl (C=O) groups is 1. The number of rotatable bonds is 6. The first-order valence-corrected chi connectivity index (χ1v) is 7.36. The summed E-state index contributed by atoms with van der Waals surface area (Å²) in [5.41, 5.74) is 0.779. The number of aryl methyl sites for hydroxylation is 1. The lowest BCUT2D eigenvalue weighted by Crippen LogP contribution is -2.18. The maximum atomic E-state index is 11.4. The van der Waals surface area contributed by atoms with Crippen molar-refractivity contribution >= 4 is 15.9 Å². The summed E-state index contributed by atoms with van der Waals surface area (Å²) in [7, 11) is -2.26. The van der Waals surface area contributed by atoms with Crippen LogP contribution in [0.3, 0.4) is 0 Å². The molecule has 0 fully saturated rings. The van der Waals surface area contributed by atoms with Crippen LogP contribution in [0.15, 0.2) is 23.1 Å². The van der Waals surface area contributed by atoms with Gasteiger partial charge >= 0.3 is 0 Å². The molecule has 0 aliphatic carbocycles. The molecule has 1 rings (SSSR count).